The van der Waals surface area contributed by atoms with Crippen molar-refractivity contribution in [3.63, 3.8) is 0 Å². The van der Waals surface area contributed by atoms with Gasteiger partial charge in [-0.05, 0) is 49.1 Å². The molecule has 1 atom stereocenters. The molecule has 1 fully saturated rings. The van der Waals surface area contributed by atoms with Crippen molar-refractivity contribution >= 4 is 11.9 Å². The monoisotopic (exact) mass is 357 g/mol. The number of amides is 1. The molecule has 138 valence electrons. The van der Waals surface area contributed by atoms with Gasteiger partial charge < -0.3 is 19.2 Å². The van der Waals surface area contributed by atoms with Gasteiger partial charge in [-0.2, -0.15) is 0 Å². The van der Waals surface area contributed by atoms with Crippen LogP contribution in [-0.2, 0) is 22.6 Å². The average molecular weight is 357 g/mol. The van der Waals surface area contributed by atoms with Crippen molar-refractivity contribution in [2.75, 3.05) is 13.7 Å². The fourth-order valence-corrected chi connectivity index (χ4v) is 3.36. The Labute approximate surface area is 152 Å². The summed E-state index contributed by atoms with van der Waals surface area (Å²) >= 11 is 0. The van der Waals surface area contributed by atoms with Crippen molar-refractivity contribution in [3.8, 4) is 0 Å². The van der Waals surface area contributed by atoms with E-state index < -0.39 is 5.97 Å². The Bertz CT molecular complexity index is 765. The van der Waals surface area contributed by atoms with Crippen molar-refractivity contribution in [2.24, 2.45) is 0 Å². The molecule has 1 aromatic carbocycles. The van der Waals surface area contributed by atoms with Crippen LogP contribution in [-0.4, -0.2) is 35.5 Å². The zero-order valence-electron chi connectivity index (χ0n) is 14.8. The van der Waals surface area contributed by atoms with E-state index in [0.717, 1.165) is 36.5 Å². The van der Waals surface area contributed by atoms with E-state index in [2.05, 4.69) is 0 Å². The van der Waals surface area contributed by atoms with E-state index in [4.69, 9.17) is 14.3 Å². The number of aromatic carboxylic acids is 1. The maximum Gasteiger partial charge on any atom is 0.335 e. The Morgan fingerprint density at radius 2 is 2.00 bits per heavy atom. The highest BCUT2D eigenvalue weighted by Gasteiger charge is 2.31. The molecule has 1 aliphatic rings. The number of rotatable bonds is 7. The highest BCUT2D eigenvalue weighted by Crippen LogP contribution is 2.33. The number of likely N-dealkylation sites (tertiary alicyclic amines) is 1. The zero-order valence-corrected chi connectivity index (χ0v) is 14.8. The summed E-state index contributed by atoms with van der Waals surface area (Å²) in [5.74, 6) is 0.729. The molecule has 0 saturated carbocycles. The van der Waals surface area contributed by atoms with Gasteiger partial charge in [-0.1, -0.05) is 12.1 Å². The summed E-state index contributed by atoms with van der Waals surface area (Å²) in [6.07, 6.45) is 2.85. The van der Waals surface area contributed by atoms with Crippen LogP contribution in [0.5, 0.6) is 0 Å². The van der Waals surface area contributed by atoms with Crippen LogP contribution in [0, 0.1) is 0 Å². The number of aryl methyl sites for hydroxylation is 1. The smallest absolute Gasteiger partial charge is 0.335 e. The summed E-state index contributed by atoms with van der Waals surface area (Å²) in [5, 5.41) is 8.93. The number of hydrogen-bond acceptors (Lipinski definition) is 4. The number of carbonyl (C=O) groups excluding carboxylic acids is 1. The lowest BCUT2D eigenvalue weighted by molar-refractivity contribution is -0.132. The van der Waals surface area contributed by atoms with E-state index in [0.29, 0.717) is 19.4 Å². The summed E-state index contributed by atoms with van der Waals surface area (Å²) in [6.45, 7) is 1.16. The molecule has 1 saturated heterocycles. The fraction of sp³-hybridized carbons (Fsp3) is 0.400. The third-order valence-electron chi connectivity index (χ3n) is 4.70. The van der Waals surface area contributed by atoms with Crippen molar-refractivity contribution < 1.29 is 23.8 Å². The van der Waals surface area contributed by atoms with Gasteiger partial charge >= 0.3 is 5.97 Å². The van der Waals surface area contributed by atoms with E-state index >= 15 is 0 Å². The molecule has 26 heavy (non-hydrogen) atoms. The molecule has 1 aliphatic heterocycles. The lowest BCUT2D eigenvalue weighted by Gasteiger charge is -2.23. The van der Waals surface area contributed by atoms with Crippen LogP contribution in [0.2, 0.25) is 0 Å². The van der Waals surface area contributed by atoms with Gasteiger partial charge in [-0.15, -0.1) is 0 Å². The lowest BCUT2D eigenvalue weighted by Crippen LogP contribution is -2.30. The van der Waals surface area contributed by atoms with Crippen molar-refractivity contribution in [1.29, 1.82) is 0 Å². The van der Waals surface area contributed by atoms with Gasteiger partial charge in [0.25, 0.3) is 0 Å². The van der Waals surface area contributed by atoms with Crippen LogP contribution in [0.3, 0.4) is 0 Å². The standard InChI is InChI=1S/C20H23NO5/c1-25-13-16-9-10-18(26-16)17-3-2-12-21(17)19(22)11-6-14-4-7-15(8-5-14)20(23)24/h4-5,7-10,17H,2-3,6,11-13H2,1H3,(H,23,24). The molecule has 2 aromatic rings. The Morgan fingerprint density at radius 1 is 1.23 bits per heavy atom. The molecule has 1 amide bonds. The van der Waals surface area contributed by atoms with E-state index in [9.17, 15) is 9.59 Å². The number of carboxylic acid groups (broad SMARTS) is 1. The number of methoxy groups -OCH3 is 1. The predicted molar refractivity (Wildman–Crippen MR) is 94.8 cm³/mol. The second-order valence-electron chi connectivity index (χ2n) is 6.48. The third kappa shape index (κ3) is 4.14. The number of hydrogen-bond donors (Lipinski definition) is 1. The van der Waals surface area contributed by atoms with E-state index in [1.165, 1.54) is 0 Å². The minimum absolute atomic E-state index is 0.0116. The van der Waals surface area contributed by atoms with Gasteiger partial charge in [0.2, 0.25) is 5.91 Å². The topological polar surface area (TPSA) is 80.0 Å². The van der Waals surface area contributed by atoms with Crippen LogP contribution in [0.25, 0.3) is 0 Å². The van der Waals surface area contributed by atoms with Gasteiger partial charge in [0.15, 0.2) is 0 Å². The number of nitrogens with zero attached hydrogens (tertiary/aromatic N) is 1. The molecule has 1 unspecified atom stereocenters. The minimum Gasteiger partial charge on any atom is -0.478 e. The Balaban J connectivity index is 1.60. The number of benzene rings is 1. The van der Waals surface area contributed by atoms with Gasteiger partial charge in [0, 0.05) is 20.1 Å². The highest BCUT2D eigenvalue weighted by atomic mass is 16.5. The summed E-state index contributed by atoms with van der Waals surface area (Å²) < 4.78 is 10.9. The largest absolute Gasteiger partial charge is 0.478 e. The van der Waals surface area contributed by atoms with E-state index in [-0.39, 0.29) is 17.5 Å². The summed E-state index contributed by atoms with van der Waals surface area (Å²) in [5.41, 5.74) is 1.21. The Morgan fingerprint density at radius 3 is 2.69 bits per heavy atom. The normalized spacial score (nSPS) is 16.8. The van der Waals surface area contributed by atoms with Crippen LogP contribution in [0.1, 0.15) is 52.7 Å². The number of carbonyl (C=O) groups is 2. The molecule has 0 radical (unpaired) electrons. The SMILES string of the molecule is COCc1ccc(C2CCCN2C(=O)CCc2ccc(C(=O)O)cc2)o1. The van der Waals surface area contributed by atoms with Crippen LogP contribution < -0.4 is 0 Å². The first kappa shape index (κ1) is 18.2. The molecular formula is C20H23NO5. The fourth-order valence-electron chi connectivity index (χ4n) is 3.36. The van der Waals surface area contributed by atoms with Gasteiger partial charge in [0.05, 0.1) is 11.6 Å². The number of ether oxygens (including phenoxy) is 1. The Kier molecular flexibility index (Phi) is 5.73. The zero-order chi connectivity index (χ0) is 18.5. The van der Waals surface area contributed by atoms with Gasteiger partial charge in [0.1, 0.15) is 18.1 Å². The van der Waals surface area contributed by atoms with Crippen molar-refractivity contribution in [2.45, 2.75) is 38.3 Å². The summed E-state index contributed by atoms with van der Waals surface area (Å²) in [7, 11) is 1.62. The second kappa shape index (κ2) is 8.19. The predicted octanol–water partition coefficient (Wildman–Crippen LogP) is 3.42. The average Bonchev–Trinajstić information content (AvgIpc) is 3.29. The molecule has 0 bridgehead atoms. The molecule has 6 nitrogen and oxygen atoms in total. The number of furan rings is 1. The van der Waals surface area contributed by atoms with Crippen LogP contribution in [0.15, 0.2) is 40.8 Å². The number of carboxylic acids is 1. The maximum absolute atomic E-state index is 12.7. The third-order valence-corrected chi connectivity index (χ3v) is 4.70. The second-order valence-corrected chi connectivity index (χ2v) is 6.48. The van der Waals surface area contributed by atoms with Crippen molar-refractivity contribution in [3.05, 3.63) is 59.0 Å². The molecular weight excluding hydrogens is 334 g/mol. The summed E-state index contributed by atoms with van der Waals surface area (Å²) in [4.78, 5) is 25.5. The molecule has 6 heteroatoms. The molecule has 3 rings (SSSR count). The van der Waals surface area contributed by atoms with Crippen LogP contribution >= 0.6 is 0 Å². The first-order chi connectivity index (χ1) is 12.6. The first-order valence-corrected chi connectivity index (χ1v) is 8.77. The molecule has 0 aliphatic carbocycles. The van der Waals surface area contributed by atoms with Crippen LogP contribution in [0.4, 0.5) is 0 Å². The Hall–Kier alpha value is -2.60. The lowest BCUT2D eigenvalue weighted by atomic mass is 10.1. The minimum atomic E-state index is -0.946. The van der Waals surface area contributed by atoms with Crippen molar-refractivity contribution in [1.82, 2.24) is 4.90 Å². The van der Waals surface area contributed by atoms with Gasteiger partial charge in [-0.3, -0.25) is 4.79 Å². The van der Waals surface area contributed by atoms with E-state index in [1.807, 2.05) is 17.0 Å². The van der Waals surface area contributed by atoms with E-state index in [1.54, 1.807) is 31.4 Å². The quantitative estimate of drug-likeness (QED) is 0.821. The maximum atomic E-state index is 12.7. The van der Waals surface area contributed by atoms with Gasteiger partial charge in [-0.25, -0.2) is 4.79 Å². The first-order valence-electron chi connectivity index (χ1n) is 8.77. The summed E-state index contributed by atoms with van der Waals surface area (Å²) in [6, 6.07) is 10.5. The highest BCUT2D eigenvalue weighted by molar-refractivity contribution is 5.87. The molecule has 1 aromatic heterocycles. The molecule has 0 spiro atoms. The molecule has 2 heterocycles. The molecule has 1 N–H and O–H groups in total.